The van der Waals surface area contributed by atoms with Crippen molar-refractivity contribution < 1.29 is 16.1 Å². The van der Waals surface area contributed by atoms with Gasteiger partial charge in [-0.3, -0.25) is 0 Å². The van der Waals surface area contributed by atoms with Gasteiger partial charge >= 0.3 is 140 Å². The summed E-state index contributed by atoms with van der Waals surface area (Å²) in [7, 11) is 0. The Morgan fingerprint density at radius 1 is 0.760 bits per heavy atom. The predicted molar refractivity (Wildman–Crippen MR) is 93.5 cm³/mol. The van der Waals surface area contributed by atoms with Gasteiger partial charge in [0.1, 0.15) is 0 Å². The molecule has 2 nitrogen and oxygen atoms in total. The Bertz CT molecular complexity index is 1360. The molecule has 0 aromatic carbocycles. The summed E-state index contributed by atoms with van der Waals surface area (Å²) < 4.78 is 0.644. The molecule has 3 heteroatoms. The number of carbonyl (C=O) groups is 2. The third-order valence-electron chi connectivity index (χ3n) is 18.3. The van der Waals surface area contributed by atoms with Gasteiger partial charge < -0.3 is 0 Å². The van der Waals surface area contributed by atoms with E-state index in [1.165, 1.54) is 0 Å². The second kappa shape index (κ2) is 1.13. The molecular weight excluding hydrogens is 352 g/mol. The normalized spacial score (nSPS) is 95.0. The third-order valence-corrected chi connectivity index (χ3v) is 63.1. The first-order chi connectivity index (χ1) is 11.1. The predicted octanol–water partition coefficient (Wildman–Crippen LogP) is 6.13. The maximum atomic E-state index is 13.7. The minimum absolute atomic E-state index is 0.0386. The fourth-order valence-corrected chi connectivity index (χ4v) is 110. The van der Waals surface area contributed by atoms with Gasteiger partial charge in [0.05, 0.1) is 0 Å². The molecule has 5 unspecified atom stereocenters. The molecule has 138 valence electrons. The van der Waals surface area contributed by atoms with Crippen molar-refractivity contribution in [3.8, 4) is 0 Å². The third kappa shape index (κ3) is 0.141. The molecule has 0 bridgehead atoms. The van der Waals surface area contributed by atoms with Crippen molar-refractivity contribution in [2.24, 2.45) is 10.8 Å². The summed E-state index contributed by atoms with van der Waals surface area (Å²) in [6.07, 6.45) is 0. The topological polar surface area (TPSA) is 34.1 Å². The number of hydrogen-bond acceptors (Lipinski definition) is 2. The van der Waals surface area contributed by atoms with Crippen LogP contribution in [0.2, 0.25) is 46.2 Å². The number of Topliss-reactive ketones (excluding diaryl/α,β-unsaturated/α-hetero) is 2. The Morgan fingerprint density at radius 3 is 1.44 bits per heavy atom. The van der Waals surface area contributed by atoms with Crippen LogP contribution >= 0.6 is 0 Å². The Labute approximate surface area is 140 Å². The summed E-state index contributed by atoms with van der Waals surface area (Å²) >= 11 is 0. The molecule has 10 saturated heterocycles. The van der Waals surface area contributed by atoms with Crippen LogP contribution in [-0.2, 0) is 16.1 Å². The number of rotatable bonds is 2. The molecule has 10 heterocycles. The van der Waals surface area contributed by atoms with Crippen molar-refractivity contribution in [2.45, 2.75) is 102 Å². The first-order valence-corrected chi connectivity index (χ1v) is 16.4. The molecule has 0 amide bonds. The summed E-state index contributed by atoms with van der Waals surface area (Å²) in [5.41, 5.74) is 0.462. The summed E-state index contributed by atoms with van der Waals surface area (Å²) in [5, 5.41) is 0. The molecule has 1 spiro atoms. The van der Waals surface area contributed by atoms with Gasteiger partial charge in [-0.05, 0) is 0 Å². The van der Waals surface area contributed by atoms with Gasteiger partial charge in [0.15, 0.2) is 0 Å². The van der Waals surface area contributed by atoms with E-state index in [-0.39, 0.29) is 19.5 Å². The Hall–Kier alpha value is -0.141. The van der Waals surface area contributed by atoms with E-state index in [0.29, 0.717) is 20.2 Å². The van der Waals surface area contributed by atoms with Gasteiger partial charge in [-0.15, -0.1) is 0 Å². The molecule has 0 aromatic rings. The van der Waals surface area contributed by atoms with Crippen LogP contribution in [0.5, 0.6) is 0 Å². The maximum absolute atomic E-state index is 13.7. The second-order valence-electron chi connectivity index (χ2n) is 15.5. The van der Waals surface area contributed by atoms with Gasteiger partial charge in [-0.25, -0.2) is 0 Å². The van der Waals surface area contributed by atoms with Crippen LogP contribution in [0, 0.1) is 10.8 Å². The molecule has 0 aromatic heterocycles. The van der Waals surface area contributed by atoms with Gasteiger partial charge in [-0.2, -0.15) is 0 Å². The van der Waals surface area contributed by atoms with Crippen molar-refractivity contribution >= 4 is 11.6 Å². The zero-order valence-electron chi connectivity index (χ0n) is 16.6. The van der Waals surface area contributed by atoms with E-state index < -0.39 is 6.51 Å². The molecule has 10 fully saturated rings. The van der Waals surface area contributed by atoms with Crippen LogP contribution < -0.4 is 0 Å². The molecule has 10 aliphatic heterocycles. The molecule has 0 saturated carbocycles. The van der Waals surface area contributed by atoms with Gasteiger partial charge in [0.2, 0.25) is 0 Å². The van der Waals surface area contributed by atoms with Crippen molar-refractivity contribution in [1.82, 2.24) is 0 Å². The van der Waals surface area contributed by atoms with E-state index in [1.807, 2.05) is 13.8 Å². The summed E-state index contributed by atoms with van der Waals surface area (Å²) in [4.78, 5) is 32.7. The first-order valence-electron chi connectivity index (χ1n) is 10.3. The average molecular weight is 382 g/mol. The van der Waals surface area contributed by atoms with Crippen LogP contribution in [0.3, 0.4) is 0 Å². The zero-order valence-corrected chi connectivity index (χ0v) is 17.7. The standard InChI is InChI=1S/C17H25O2.C5H5.Fe/c1-10(18)12-9-13(16(3,4)5)15(17(6,7)8)14(12)11(2)19;1-2-4-5-3-1;/h9H,1-8H3;1-5H;. The Kier molecular flexibility index (Phi) is 0.560. The fraction of sp³-hybridized carbons (Fsp3) is 0.909. The minimum atomic E-state index is -4.40. The number of ketones is 2. The molecular formula is C22H30FeO2. The van der Waals surface area contributed by atoms with E-state index in [9.17, 15) is 9.59 Å². The summed E-state index contributed by atoms with van der Waals surface area (Å²) in [5.74, 6) is 0.995. The van der Waals surface area contributed by atoms with Crippen LogP contribution in [0.1, 0.15) is 55.4 Å². The first kappa shape index (κ1) is 12.3. The number of hydrogen-bond donors (Lipinski definition) is 0. The molecule has 10 rings (SSSR count). The van der Waals surface area contributed by atoms with Gasteiger partial charge in [0, 0.05) is 0 Å². The monoisotopic (exact) mass is 382 g/mol. The summed E-state index contributed by atoms with van der Waals surface area (Å²) in [6, 6.07) is 0. The Balaban J connectivity index is 1.64. The Morgan fingerprint density at radius 2 is 1.20 bits per heavy atom. The van der Waals surface area contributed by atoms with Gasteiger partial charge in [-0.1, -0.05) is 0 Å². The van der Waals surface area contributed by atoms with E-state index in [2.05, 4.69) is 41.5 Å². The van der Waals surface area contributed by atoms with E-state index in [0.717, 1.165) is 28.9 Å². The molecule has 0 aliphatic carbocycles. The van der Waals surface area contributed by atoms with E-state index in [4.69, 9.17) is 0 Å². The van der Waals surface area contributed by atoms with Crippen molar-refractivity contribution in [3.05, 3.63) is 0 Å². The van der Waals surface area contributed by atoms with Crippen molar-refractivity contribution in [2.75, 3.05) is 0 Å². The molecule has 10 aliphatic rings. The van der Waals surface area contributed by atoms with E-state index >= 15 is 0 Å². The second-order valence-corrected chi connectivity index (χ2v) is 38.1. The average Bonchev–Trinajstić information content (AvgIpc) is 3.37. The summed E-state index contributed by atoms with van der Waals surface area (Å²) in [6.45, 7) is 14.4. The zero-order chi connectivity index (χ0) is 17.9. The molecule has 0 N–H and O–H groups in total. The molecule has 5 atom stereocenters. The van der Waals surface area contributed by atoms with Crippen LogP contribution in [0.15, 0.2) is 0 Å². The van der Waals surface area contributed by atoms with Crippen molar-refractivity contribution in [3.63, 3.8) is 0 Å². The van der Waals surface area contributed by atoms with Crippen LogP contribution in [0.25, 0.3) is 0 Å². The SMILES string of the molecule is CC(=O)[C]12[CH]3[C]4(C(C)(C)C)[C]5(C(C)(C)C)[C]1(C(C)=O)[Fe]32451678[CH]2[CH]1[CH]6[CH]7[CH]28. The van der Waals surface area contributed by atoms with E-state index in [1.54, 1.807) is 0 Å². The fourth-order valence-electron chi connectivity index (χ4n) is 23.8. The van der Waals surface area contributed by atoms with Crippen LogP contribution in [-0.4, -0.2) is 11.6 Å². The van der Waals surface area contributed by atoms with Gasteiger partial charge in [0.25, 0.3) is 0 Å². The molecule has 0 radical (unpaired) electrons. The van der Waals surface area contributed by atoms with Crippen molar-refractivity contribution in [1.29, 1.82) is 0 Å². The molecule has 25 heavy (non-hydrogen) atoms. The van der Waals surface area contributed by atoms with Crippen LogP contribution in [0.4, 0.5) is 0 Å². The number of fused-ring (bicyclic) bond motifs is 10. The number of carbonyl (C=O) groups excluding carboxylic acids is 2. The quantitative estimate of drug-likeness (QED) is 0.539.